The van der Waals surface area contributed by atoms with E-state index < -0.39 is 22.6 Å². The maximum atomic E-state index is 13.1. The number of alkyl halides is 3. The number of carbonyl (C=O) groups is 1. The number of H-pyrrole nitrogens is 1. The second kappa shape index (κ2) is 8.69. The first-order valence-electron chi connectivity index (χ1n) is 10.6. The summed E-state index contributed by atoms with van der Waals surface area (Å²) in [5.74, 6) is -0.541. The van der Waals surface area contributed by atoms with E-state index in [1.807, 2.05) is 0 Å². The molecule has 0 spiro atoms. The first-order valence-corrected chi connectivity index (χ1v) is 10.6. The van der Waals surface area contributed by atoms with Gasteiger partial charge in [-0.15, -0.1) is 0 Å². The topological polar surface area (TPSA) is 113 Å². The molecule has 5 rings (SSSR count). The summed E-state index contributed by atoms with van der Waals surface area (Å²) >= 11 is 0. The molecule has 3 N–H and O–H groups in total. The van der Waals surface area contributed by atoms with Gasteiger partial charge in [0, 0.05) is 40.8 Å². The van der Waals surface area contributed by atoms with Crippen LogP contribution in [0.25, 0.3) is 22.5 Å². The summed E-state index contributed by atoms with van der Waals surface area (Å²) in [6.45, 7) is 0. The fourth-order valence-electron chi connectivity index (χ4n) is 3.91. The molecule has 0 bridgehead atoms. The number of rotatable bonds is 5. The van der Waals surface area contributed by atoms with E-state index in [0.29, 0.717) is 16.9 Å². The molecule has 8 nitrogen and oxygen atoms in total. The van der Waals surface area contributed by atoms with Gasteiger partial charge in [0.2, 0.25) is 0 Å². The molecule has 1 amide bonds. The van der Waals surface area contributed by atoms with Crippen LogP contribution in [0.4, 0.5) is 30.2 Å². The summed E-state index contributed by atoms with van der Waals surface area (Å²) in [5.41, 5.74) is 2.23. The largest absolute Gasteiger partial charge is 0.416 e. The van der Waals surface area contributed by atoms with E-state index in [-0.39, 0.29) is 22.5 Å². The van der Waals surface area contributed by atoms with Crippen molar-refractivity contribution in [2.45, 2.75) is 6.18 Å². The fraction of sp³-hybridized carbons (Fsp3) is 0.0400. The number of nitrogens with one attached hydrogen (secondary N) is 3. The van der Waals surface area contributed by atoms with Crippen molar-refractivity contribution in [1.29, 1.82) is 0 Å². The van der Waals surface area contributed by atoms with Crippen LogP contribution in [0.2, 0.25) is 0 Å². The van der Waals surface area contributed by atoms with Gasteiger partial charge in [-0.25, -0.2) is 4.98 Å². The third-order valence-corrected chi connectivity index (χ3v) is 5.66. The quantitative estimate of drug-likeness (QED) is 0.182. The van der Waals surface area contributed by atoms with E-state index in [9.17, 15) is 28.1 Å². The number of nitro benzene ring substituents is 1. The molecule has 11 heteroatoms. The number of hydrogen-bond donors (Lipinski definition) is 3. The molecular weight excluding hydrogens is 475 g/mol. The van der Waals surface area contributed by atoms with Crippen molar-refractivity contribution in [3.63, 3.8) is 0 Å². The van der Waals surface area contributed by atoms with Crippen molar-refractivity contribution in [3.05, 3.63) is 106 Å². The molecule has 0 fully saturated rings. The molecule has 1 aliphatic heterocycles. The van der Waals surface area contributed by atoms with Gasteiger partial charge >= 0.3 is 6.18 Å². The zero-order valence-electron chi connectivity index (χ0n) is 18.3. The number of non-ortho nitro benzene ring substituents is 1. The summed E-state index contributed by atoms with van der Waals surface area (Å²) in [6, 6.07) is 15.3. The number of aromatic amines is 1. The molecule has 2 heterocycles. The summed E-state index contributed by atoms with van der Waals surface area (Å²) < 4.78 is 39.4. The number of nitro groups is 1. The number of imidazole rings is 1. The van der Waals surface area contributed by atoms with E-state index in [2.05, 4.69) is 20.6 Å². The Labute approximate surface area is 201 Å². The molecule has 0 saturated carbocycles. The van der Waals surface area contributed by atoms with Crippen molar-refractivity contribution in [2.75, 3.05) is 10.6 Å². The van der Waals surface area contributed by atoms with Crippen LogP contribution in [-0.4, -0.2) is 20.8 Å². The highest BCUT2D eigenvalue weighted by Crippen LogP contribution is 2.40. The number of aromatic nitrogens is 2. The zero-order chi connectivity index (χ0) is 25.4. The van der Waals surface area contributed by atoms with Crippen molar-refractivity contribution in [3.8, 4) is 11.3 Å². The van der Waals surface area contributed by atoms with Gasteiger partial charge in [-0.3, -0.25) is 14.9 Å². The van der Waals surface area contributed by atoms with Crippen LogP contribution >= 0.6 is 0 Å². The predicted octanol–water partition coefficient (Wildman–Crippen LogP) is 5.94. The summed E-state index contributed by atoms with van der Waals surface area (Å²) in [7, 11) is 0. The number of halogens is 3. The molecule has 180 valence electrons. The Morgan fingerprint density at radius 1 is 1.00 bits per heavy atom. The van der Waals surface area contributed by atoms with Gasteiger partial charge in [0.05, 0.1) is 33.8 Å². The first kappa shape index (κ1) is 22.8. The smallest absolute Gasteiger partial charge is 0.354 e. The maximum Gasteiger partial charge on any atom is 0.416 e. The molecule has 4 aromatic rings. The Morgan fingerprint density at radius 3 is 2.33 bits per heavy atom. The van der Waals surface area contributed by atoms with Crippen molar-refractivity contribution in [1.82, 2.24) is 9.97 Å². The third-order valence-electron chi connectivity index (χ3n) is 5.66. The van der Waals surface area contributed by atoms with E-state index >= 15 is 0 Å². The summed E-state index contributed by atoms with van der Waals surface area (Å²) in [4.78, 5) is 30.8. The summed E-state index contributed by atoms with van der Waals surface area (Å²) in [5, 5.41) is 17.1. The van der Waals surface area contributed by atoms with Crippen LogP contribution in [0.5, 0.6) is 0 Å². The first-order chi connectivity index (χ1) is 17.2. The highest BCUT2D eigenvalue weighted by Gasteiger charge is 2.32. The fourth-order valence-corrected chi connectivity index (χ4v) is 3.91. The molecule has 0 radical (unpaired) electrons. The van der Waals surface area contributed by atoms with Gasteiger partial charge in [-0.05, 0) is 35.9 Å². The Hall–Kier alpha value is -4.93. The molecule has 0 atom stereocenters. The molecule has 36 heavy (non-hydrogen) atoms. The lowest BCUT2D eigenvalue weighted by Gasteiger charge is -2.16. The molecule has 0 aliphatic carbocycles. The average molecular weight is 491 g/mol. The maximum absolute atomic E-state index is 13.1. The average Bonchev–Trinajstić information content (AvgIpc) is 3.50. The predicted molar refractivity (Wildman–Crippen MR) is 128 cm³/mol. The van der Waals surface area contributed by atoms with Gasteiger partial charge in [0.1, 0.15) is 0 Å². The van der Waals surface area contributed by atoms with Crippen LogP contribution in [0.3, 0.4) is 0 Å². The van der Waals surface area contributed by atoms with Crippen LogP contribution < -0.4 is 10.6 Å². The highest BCUT2D eigenvalue weighted by atomic mass is 19.4. The van der Waals surface area contributed by atoms with E-state index in [1.165, 1.54) is 30.3 Å². The SMILES string of the molecule is O=C1Nc2ccc([N+](=O)[O-])cc2/C1=C(/Nc1ccc(-c2c[nH]cn2)cc1)c1ccc(C(F)(F)F)cc1. The number of nitrogens with zero attached hydrogens (tertiary/aromatic N) is 2. The Kier molecular flexibility index (Phi) is 5.51. The number of carbonyl (C=O) groups excluding carboxylic acids is 1. The van der Waals surface area contributed by atoms with Crippen molar-refractivity contribution < 1.29 is 22.9 Å². The van der Waals surface area contributed by atoms with Gasteiger partial charge in [0.25, 0.3) is 11.6 Å². The normalized spacial score (nSPS) is 14.2. The van der Waals surface area contributed by atoms with Gasteiger partial charge in [-0.2, -0.15) is 13.2 Å². The van der Waals surface area contributed by atoms with Gasteiger partial charge in [0.15, 0.2) is 0 Å². The number of hydrogen-bond acceptors (Lipinski definition) is 5. The number of anilines is 2. The monoisotopic (exact) mass is 491 g/mol. The third kappa shape index (κ3) is 4.29. The molecular formula is C25H16F3N5O3. The van der Waals surface area contributed by atoms with Crippen LogP contribution in [0.1, 0.15) is 16.7 Å². The molecule has 0 saturated heterocycles. The van der Waals surface area contributed by atoms with E-state index in [4.69, 9.17) is 0 Å². The number of fused-ring (bicyclic) bond motifs is 1. The number of amides is 1. The van der Waals surface area contributed by atoms with Gasteiger partial charge in [-0.1, -0.05) is 24.3 Å². The highest BCUT2D eigenvalue weighted by molar-refractivity contribution is 6.37. The standard InChI is InChI=1S/C25H16F3N5O3/c26-25(27,28)16-5-1-15(2-6-16)23(31-17-7-3-14(4-8-17)21-12-29-13-30-21)22-19-11-18(33(35)36)9-10-20(19)32-24(22)34/h1-13,31H,(H,29,30)(H,32,34)/b23-22-. The Balaban J connectivity index is 1.63. The van der Waals surface area contributed by atoms with Gasteiger partial charge < -0.3 is 15.6 Å². The van der Waals surface area contributed by atoms with Crippen LogP contribution in [-0.2, 0) is 11.0 Å². The summed E-state index contributed by atoms with van der Waals surface area (Å²) in [6.07, 6.45) is -1.26. The molecule has 3 aromatic carbocycles. The minimum Gasteiger partial charge on any atom is -0.354 e. The van der Waals surface area contributed by atoms with E-state index in [1.54, 1.807) is 36.8 Å². The minimum absolute atomic E-state index is 0.0739. The second-order valence-electron chi connectivity index (χ2n) is 7.92. The van der Waals surface area contributed by atoms with E-state index in [0.717, 1.165) is 23.4 Å². The number of benzene rings is 3. The van der Waals surface area contributed by atoms with Crippen molar-refractivity contribution in [2.24, 2.45) is 0 Å². The molecule has 1 aromatic heterocycles. The minimum atomic E-state index is -4.53. The Morgan fingerprint density at radius 2 is 1.72 bits per heavy atom. The second-order valence-corrected chi connectivity index (χ2v) is 7.92. The lowest BCUT2D eigenvalue weighted by Crippen LogP contribution is -2.11. The molecule has 1 aliphatic rings. The van der Waals surface area contributed by atoms with Crippen molar-refractivity contribution >= 4 is 34.2 Å². The van der Waals surface area contributed by atoms with Crippen LogP contribution in [0.15, 0.2) is 79.3 Å². The lowest BCUT2D eigenvalue weighted by molar-refractivity contribution is -0.384. The lowest BCUT2D eigenvalue weighted by atomic mass is 9.98. The Bertz CT molecular complexity index is 1490. The van der Waals surface area contributed by atoms with Crippen LogP contribution in [0, 0.1) is 10.1 Å². The molecule has 0 unspecified atom stereocenters. The zero-order valence-corrected chi connectivity index (χ0v) is 18.3.